The molecular formula is C13H17FO3. The highest BCUT2D eigenvalue weighted by Crippen LogP contribution is 2.37. The Labute approximate surface area is 100 Å². The molecule has 0 aliphatic carbocycles. The van der Waals surface area contributed by atoms with Crippen molar-refractivity contribution < 1.29 is 19.0 Å². The molecule has 0 unspecified atom stereocenters. The van der Waals surface area contributed by atoms with Gasteiger partial charge in [0.15, 0.2) is 0 Å². The summed E-state index contributed by atoms with van der Waals surface area (Å²) in [6.45, 7) is 5.22. The molecule has 1 rings (SSSR count). The van der Waals surface area contributed by atoms with Crippen LogP contribution >= 0.6 is 0 Å². The SMILES string of the molecule is COc1c(C(C)(C)CC(=O)O)ccc(F)c1C. The number of benzene rings is 1. The summed E-state index contributed by atoms with van der Waals surface area (Å²) in [4.78, 5) is 10.8. The molecule has 0 saturated heterocycles. The molecule has 0 aromatic heterocycles. The van der Waals surface area contributed by atoms with Crippen molar-refractivity contribution in [3.05, 3.63) is 29.1 Å². The fourth-order valence-corrected chi connectivity index (χ4v) is 1.94. The molecular weight excluding hydrogens is 223 g/mol. The molecule has 0 amide bonds. The molecule has 17 heavy (non-hydrogen) atoms. The molecule has 0 spiro atoms. The number of rotatable bonds is 4. The molecule has 0 aliphatic heterocycles. The highest BCUT2D eigenvalue weighted by atomic mass is 19.1. The van der Waals surface area contributed by atoms with E-state index < -0.39 is 11.4 Å². The molecule has 94 valence electrons. The summed E-state index contributed by atoms with van der Waals surface area (Å²) in [7, 11) is 1.46. The standard InChI is InChI=1S/C13H17FO3/c1-8-10(14)6-5-9(12(8)17-4)13(2,3)7-11(15)16/h5-6H,7H2,1-4H3,(H,15,16). The highest BCUT2D eigenvalue weighted by molar-refractivity contribution is 5.69. The fraction of sp³-hybridized carbons (Fsp3) is 0.462. The van der Waals surface area contributed by atoms with E-state index in [4.69, 9.17) is 9.84 Å². The van der Waals surface area contributed by atoms with Gasteiger partial charge in [0.1, 0.15) is 11.6 Å². The van der Waals surface area contributed by atoms with Gasteiger partial charge in [0.2, 0.25) is 0 Å². The van der Waals surface area contributed by atoms with Crippen molar-refractivity contribution in [3.63, 3.8) is 0 Å². The fourth-order valence-electron chi connectivity index (χ4n) is 1.94. The molecule has 1 aromatic rings. The van der Waals surface area contributed by atoms with E-state index >= 15 is 0 Å². The van der Waals surface area contributed by atoms with Crippen molar-refractivity contribution in [2.24, 2.45) is 0 Å². The van der Waals surface area contributed by atoms with Crippen LogP contribution in [0.15, 0.2) is 12.1 Å². The summed E-state index contributed by atoms with van der Waals surface area (Å²) >= 11 is 0. The maximum Gasteiger partial charge on any atom is 0.304 e. The van der Waals surface area contributed by atoms with E-state index in [2.05, 4.69) is 0 Å². The van der Waals surface area contributed by atoms with Crippen molar-refractivity contribution in [2.75, 3.05) is 7.11 Å². The second-order valence-electron chi connectivity index (χ2n) is 4.71. The Bertz CT molecular complexity index is 439. The predicted octanol–water partition coefficient (Wildman–Crippen LogP) is 2.90. The van der Waals surface area contributed by atoms with E-state index in [0.717, 1.165) is 0 Å². The number of hydrogen-bond acceptors (Lipinski definition) is 2. The van der Waals surface area contributed by atoms with Gasteiger partial charge >= 0.3 is 5.97 Å². The first-order chi connectivity index (χ1) is 7.79. The van der Waals surface area contributed by atoms with Crippen LogP contribution in [-0.2, 0) is 10.2 Å². The van der Waals surface area contributed by atoms with Crippen LogP contribution in [0.5, 0.6) is 5.75 Å². The van der Waals surface area contributed by atoms with Crippen molar-refractivity contribution in [1.29, 1.82) is 0 Å². The molecule has 3 nitrogen and oxygen atoms in total. The number of carboxylic acids is 1. The third kappa shape index (κ3) is 2.75. The third-order valence-corrected chi connectivity index (χ3v) is 2.87. The monoisotopic (exact) mass is 240 g/mol. The summed E-state index contributed by atoms with van der Waals surface area (Å²) in [5.41, 5.74) is 0.514. The van der Waals surface area contributed by atoms with Crippen molar-refractivity contribution in [1.82, 2.24) is 0 Å². The zero-order valence-electron chi connectivity index (χ0n) is 10.5. The number of halogens is 1. The van der Waals surface area contributed by atoms with Crippen LogP contribution in [-0.4, -0.2) is 18.2 Å². The summed E-state index contributed by atoms with van der Waals surface area (Å²) in [6, 6.07) is 2.93. The van der Waals surface area contributed by atoms with Crippen molar-refractivity contribution in [3.8, 4) is 5.75 Å². The minimum atomic E-state index is -0.890. The first-order valence-electron chi connectivity index (χ1n) is 5.35. The zero-order valence-corrected chi connectivity index (χ0v) is 10.5. The van der Waals surface area contributed by atoms with Gasteiger partial charge in [-0.25, -0.2) is 4.39 Å². The molecule has 0 aliphatic rings. The largest absolute Gasteiger partial charge is 0.496 e. The number of carbonyl (C=O) groups is 1. The quantitative estimate of drug-likeness (QED) is 0.880. The average Bonchev–Trinajstić information content (AvgIpc) is 2.19. The summed E-state index contributed by atoms with van der Waals surface area (Å²) in [5, 5.41) is 8.88. The van der Waals surface area contributed by atoms with E-state index in [1.165, 1.54) is 13.2 Å². The molecule has 0 radical (unpaired) electrons. The molecule has 1 N–H and O–H groups in total. The van der Waals surface area contributed by atoms with Gasteiger partial charge in [-0.2, -0.15) is 0 Å². The molecule has 0 bridgehead atoms. The van der Waals surface area contributed by atoms with E-state index in [9.17, 15) is 9.18 Å². The molecule has 0 saturated carbocycles. The minimum absolute atomic E-state index is 0.0333. The Kier molecular flexibility index (Phi) is 3.76. The Hall–Kier alpha value is -1.58. The molecule has 1 aromatic carbocycles. The lowest BCUT2D eigenvalue weighted by molar-refractivity contribution is -0.138. The van der Waals surface area contributed by atoms with Crippen molar-refractivity contribution >= 4 is 5.97 Å². The number of ether oxygens (including phenoxy) is 1. The Morgan fingerprint density at radius 1 is 1.47 bits per heavy atom. The van der Waals surface area contributed by atoms with Crippen LogP contribution < -0.4 is 4.74 Å². The first kappa shape index (κ1) is 13.5. The predicted molar refractivity (Wildman–Crippen MR) is 63.0 cm³/mol. The number of aliphatic carboxylic acids is 1. The maximum atomic E-state index is 13.4. The molecule has 0 heterocycles. The normalized spacial score (nSPS) is 11.4. The van der Waals surface area contributed by atoms with Crippen LogP contribution in [0.4, 0.5) is 4.39 Å². The topological polar surface area (TPSA) is 46.5 Å². The summed E-state index contributed by atoms with van der Waals surface area (Å²) in [6.07, 6.45) is -0.0333. The Morgan fingerprint density at radius 2 is 2.06 bits per heavy atom. The molecule has 0 atom stereocenters. The summed E-state index contributed by atoms with van der Waals surface area (Å²) in [5.74, 6) is -0.813. The first-order valence-corrected chi connectivity index (χ1v) is 5.35. The molecule has 4 heteroatoms. The van der Waals surface area contributed by atoms with E-state index in [0.29, 0.717) is 16.9 Å². The van der Waals surface area contributed by atoms with E-state index in [1.54, 1.807) is 26.8 Å². The van der Waals surface area contributed by atoms with Gasteiger partial charge in [0, 0.05) is 16.5 Å². The van der Waals surface area contributed by atoms with Gasteiger partial charge in [0.25, 0.3) is 0 Å². The lowest BCUT2D eigenvalue weighted by Crippen LogP contribution is -2.23. The van der Waals surface area contributed by atoms with Gasteiger partial charge in [-0.1, -0.05) is 19.9 Å². The van der Waals surface area contributed by atoms with Crippen LogP contribution in [0.25, 0.3) is 0 Å². The Balaban J connectivity index is 3.31. The van der Waals surface area contributed by atoms with Gasteiger partial charge < -0.3 is 9.84 Å². The van der Waals surface area contributed by atoms with Crippen LogP contribution in [0.1, 0.15) is 31.4 Å². The van der Waals surface area contributed by atoms with Gasteiger partial charge in [-0.3, -0.25) is 4.79 Å². The Morgan fingerprint density at radius 3 is 2.53 bits per heavy atom. The smallest absolute Gasteiger partial charge is 0.304 e. The number of methoxy groups -OCH3 is 1. The van der Waals surface area contributed by atoms with E-state index in [-0.39, 0.29) is 12.2 Å². The lowest BCUT2D eigenvalue weighted by Gasteiger charge is -2.26. The maximum absolute atomic E-state index is 13.4. The lowest BCUT2D eigenvalue weighted by atomic mass is 9.80. The van der Waals surface area contributed by atoms with Gasteiger partial charge in [-0.05, 0) is 13.0 Å². The number of hydrogen-bond donors (Lipinski definition) is 1. The average molecular weight is 240 g/mol. The van der Waals surface area contributed by atoms with Crippen molar-refractivity contribution in [2.45, 2.75) is 32.6 Å². The second-order valence-corrected chi connectivity index (χ2v) is 4.71. The number of carboxylic acid groups (broad SMARTS) is 1. The minimum Gasteiger partial charge on any atom is -0.496 e. The van der Waals surface area contributed by atoms with Gasteiger partial charge in [0.05, 0.1) is 13.5 Å². The molecule has 0 fully saturated rings. The van der Waals surface area contributed by atoms with Crippen LogP contribution in [0.3, 0.4) is 0 Å². The van der Waals surface area contributed by atoms with Crippen LogP contribution in [0, 0.1) is 12.7 Å². The highest BCUT2D eigenvalue weighted by Gasteiger charge is 2.28. The van der Waals surface area contributed by atoms with Crippen LogP contribution in [0.2, 0.25) is 0 Å². The summed E-state index contributed by atoms with van der Waals surface area (Å²) < 4.78 is 18.6. The third-order valence-electron chi connectivity index (χ3n) is 2.87. The zero-order chi connectivity index (χ0) is 13.2. The van der Waals surface area contributed by atoms with Gasteiger partial charge in [-0.15, -0.1) is 0 Å². The second kappa shape index (κ2) is 4.73. The van der Waals surface area contributed by atoms with E-state index in [1.807, 2.05) is 0 Å².